The lowest BCUT2D eigenvalue weighted by Crippen LogP contribution is -2.45. The number of piperidine rings is 1. The Balaban J connectivity index is 2.25. The summed E-state index contributed by atoms with van der Waals surface area (Å²) < 4.78 is 5.43. The third-order valence-corrected chi connectivity index (χ3v) is 3.51. The van der Waals surface area contributed by atoms with Gasteiger partial charge in [-0.15, -0.1) is 0 Å². The van der Waals surface area contributed by atoms with E-state index in [0.29, 0.717) is 6.04 Å². The predicted molar refractivity (Wildman–Crippen MR) is 64.2 cm³/mol. The van der Waals surface area contributed by atoms with E-state index in [1.165, 1.54) is 19.4 Å². The van der Waals surface area contributed by atoms with Crippen LogP contribution >= 0.6 is 0 Å². The van der Waals surface area contributed by atoms with Crippen molar-refractivity contribution in [1.29, 1.82) is 0 Å². The fourth-order valence-corrected chi connectivity index (χ4v) is 1.94. The number of ether oxygens (including phenoxy) is 1. The minimum absolute atomic E-state index is 0.0103. The lowest BCUT2D eigenvalue weighted by molar-refractivity contribution is 0.00557. The number of likely N-dealkylation sites (N-methyl/N-ethyl adjacent to an activating group) is 1. The van der Waals surface area contributed by atoms with Crippen LogP contribution in [-0.2, 0) is 4.74 Å². The van der Waals surface area contributed by atoms with E-state index in [1.807, 2.05) is 0 Å². The van der Waals surface area contributed by atoms with Crippen molar-refractivity contribution < 1.29 is 4.74 Å². The van der Waals surface area contributed by atoms with Gasteiger partial charge >= 0.3 is 0 Å². The molecule has 90 valence electrons. The summed E-state index contributed by atoms with van der Waals surface area (Å²) in [6.07, 6.45) is 3.73. The van der Waals surface area contributed by atoms with Gasteiger partial charge in [0.2, 0.25) is 0 Å². The number of nitrogens with zero attached hydrogens (tertiary/aromatic N) is 1. The summed E-state index contributed by atoms with van der Waals surface area (Å²) in [7, 11) is 4.02. The van der Waals surface area contributed by atoms with E-state index in [2.05, 4.69) is 31.1 Å². The van der Waals surface area contributed by atoms with Gasteiger partial charge in [0.25, 0.3) is 0 Å². The van der Waals surface area contributed by atoms with Crippen molar-refractivity contribution in [1.82, 2.24) is 10.2 Å². The summed E-state index contributed by atoms with van der Waals surface area (Å²) in [6, 6.07) is 0.714. The highest BCUT2D eigenvalue weighted by Gasteiger charge is 2.21. The van der Waals surface area contributed by atoms with E-state index in [1.54, 1.807) is 7.11 Å². The Bertz CT molecular complexity index is 176. The van der Waals surface area contributed by atoms with Crippen molar-refractivity contribution in [2.45, 2.75) is 44.8 Å². The molecule has 0 bridgehead atoms. The Labute approximate surface area is 94.2 Å². The SMILES string of the molecule is COC(C)(C)CCN(C)C1CCCNC1. The summed E-state index contributed by atoms with van der Waals surface area (Å²) >= 11 is 0. The number of rotatable bonds is 5. The second-order valence-corrected chi connectivity index (χ2v) is 5.19. The van der Waals surface area contributed by atoms with E-state index in [-0.39, 0.29) is 5.60 Å². The highest BCUT2D eigenvalue weighted by Crippen LogP contribution is 2.15. The summed E-state index contributed by atoms with van der Waals surface area (Å²) in [6.45, 7) is 7.75. The third-order valence-electron chi connectivity index (χ3n) is 3.51. The van der Waals surface area contributed by atoms with Crippen LogP contribution in [0.2, 0.25) is 0 Å². The Kier molecular flexibility index (Phi) is 5.03. The average Bonchev–Trinajstić information content (AvgIpc) is 2.27. The van der Waals surface area contributed by atoms with Crippen LogP contribution in [0.25, 0.3) is 0 Å². The zero-order valence-corrected chi connectivity index (χ0v) is 10.7. The van der Waals surface area contributed by atoms with Crippen molar-refractivity contribution in [3.63, 3.8) is 0 Å². The lowest BCUT2D eigenvalue weighted by atomic mass is 10.0. The smallest absolute Gasteiger partial charge is 0.0634 e. The molecule has 1 rings (SSSR count). The Morgan fingerprint density at radius 1 is 1.47 bits per heavy atom. The number of hydrogen-bond donors (Lipinski definition) is 1. The molecule has 0 radical (unpaired) electrons. The molecule has 0 amide bonds. The predicted octanol–water partition coefficient (Wildman–Crippen LogP) is 1.49. The van der Waals surface area contributed by atoms with Gasteiger partial charge in [0.05, 0.1) is 5.60 Å². The lowest BCUT2D eigenvalue weighted by Gasteiger charge is -2.34. The maximum atomic E-state index is 5.43. The molecule has 0 spiro atoms. The van der Waals surface area contributed by atoms with Crippen molar-refractivity contribution >= 4 is 0 Å². The molecule has 1 aliphatic rings. The van der Waals surface area contributed by atoms with Crippen molar-refractivity contribution in [2.24, 2.45) is 0 Å². The van der Waals surface area contributed by atoms with Crippen LogP contribution in [0.5, 0.6) is 0 Å². The summed E-state index contributed by atoms with van der Waals surface area (Å²) in [5, 5.41) is 3.45. The van der Waals surface area contributed by atoms with Gasteiger partial charge in [-0.1, -0.05) is 0 Å². The maximum absolute atomic E-state index is 5.43. The van der Waals surface area contributed by atoms with Crippen LogP contribution < -0.4 is 5.32 Å². The molecule has 1 N–H and O–H groups in total. The van der Waals surface area contributed by atoms with Crippen LogP contribution in [0.15, 0.2) is 0 Å². The third kappa shape index (κ3) is 4.49. The second-order valence-electron chi connectivity index (χ2n) is 5.19. The highest BCUT2D eigenvalue weighted by atomic mass is 16.5. The van der Waals surface area contributed by atoms with Crippen LogP contribution in [0.1, 0.15) is 33.1 Å². The molecule has 1 unspecified atom stereocenters. The number of hydrogen-bond acceptors (Lipinski definition) is 3. The molecule has 1 heterocycles. The maximum Gasteiger partial charge on any atom is 0.0634 e. The Hall–Kier alpha value is -0.120. The molecule has 0 aromatic heterocycles. The molecule has 0 aromatic rings. The van der Waals surface area contributed by atoms with E-state index in [9.17, 15) is 0 Å². The van der Waals surface area contributed by atoms with Crippen molar-refractivity contribution in [3.05, 3.63) is 0 Å². The standard InChI is InChI=1S/C12H26N2O/c1-12(2,15-4)7-9-14(3)11-6-5-8-13-10-11/h11,13H,5-10H2,1-4H3. The van der Waals surface area contributed by atoms with Gasteiger partial charge in [-0.05, 0) is 46.7 Å². The van der Waals surface area contributed by atoms with Gasteiger partial charge in [0.15, 0.2) is 0 Å². The van der Waals surface area contributed by atoms with E-state index < -0.39 is 0 Å². The monoisotopic (exact) mass is 214 g/mol. The second kappa shape index (κ2) is 5.83. The topological polar surface area (TPSA) is 24.5 Å². The van der Waals surface area contributed by atoms with Crippen LogP contribution in [0, 0.1) is 0 Å². The minimum Gasteiger partial charge on any atom is -0.379 e. The molecular formula is C12H26N2O. The molecular weight excluding hydrogens is 188 g/mol. The zero-order chi connectivity index (χ0) is 11.3. The molecule has 0 saturated carbocycles. The van der Waals surface area contributed by atoms with E-state index in [4.69, 9.17) is 4.74 Å². The molecule has 0 aromatic carbocycles. The normalized spacial score (nSPS) is 23.4. The van der Waals surface area contributed by atoms with Gasteiger partial charge in [-0.3, -0.25) is 0 Å². The number of methoxy groups -OCH3 is 1. The Morgan fingerprint density at radius 2 is 2.20 bits per heavy atom. The molecule has 3 heteroatoms. The molecule has 15 heavy (non-hydrogen) atoms. The fourth-order valence-electron chi connectivity index (χ4n) is 1.94. The first-order valence-corrected chi connectivity index (χ1v) is 6.01. The van der Waals surface area contributed by atoms with E-state index >= 15 is 0 Å². The first-order valence-electron chi connectivity index (χ1n) is 6.01. The van der Waals surface area contributed by atoms with Crippen molar-refractivity contribution in [2.75, 3.05) is 33.8 Å². The molecule has 1 aliphatic heterocycles. The fraction of sp³-hybridized carbons (Fsp3) is 1.00. The first-order chi connectivity index (χ1) is 7.05. The first kappa shape index (κ1) is 12.9. The van der Waals surface area contributed by atoms with Gasteiger partial charge in [-0.25, -0.2) is 0 Å². The average molecular weight is 214 g/mol. The summed E-state index contributed by atoms with van der Waals surface area (Å²) in [4.78, 5) is 2.47. The van der Waals surface area contributed by atoms with Gasteiger partial charge in [0, 0.05) is 26.2 Å². The van der Waals surface area contributed by atoms with Crippen LogP contribution in [0.3, 0.4) is 0 Å². The van der Waals surface area contributed by atoms with Gasteiger partial charge in [0.1, 0.15) is 0 Å². The van der Waals surface area contributed by atoms with Crippen LogP contribution in [0.4, 0.5) is 0 Å². The minimum atomic E-state index is 0.0103. The van der Waals surface area contributed by atoms with E-state index in [0.717, 1.165) is 19.5 Å². The highest BCUT2D eigenvalue weighted by molar-refractivity contribution is 4.78. The molecule has 3 nitrogen and oxygen atoms in total. The Morgan fingerprint density at radius 3 is 2.73 bits per heavy atom. The summed E-state index contributed by atoms with van der Waals surface area (Å²) in [5.41, 5.74) is 0.0103. The largest absolute Gasteiger partial charge is 0.379 e. The molecule has 1 saturated heterocycles. The zero-order valence-electron chi connectivity index (χ0n) is 10.7. The van der Waals surface area contributed by atoms with Crippen molar-refractivity contribution in [3.8, 4) is 0 Å². The molecule has 0 aliphatic carbocycles. The quantitative estimate of drug-likeness (QED) is 0.750. The van der Waals surface area contributed by atoms with Crippen LogP contribution in [-0.4, -0.2) is 50.3 Å². The molecule has 1 atom stereocenters. The van der Waals surface area contributed by atoms with Gasteiger partial charge < -0.3 is 15.0 Å². The van der Waals surface area contributed by atoms with Gasteiger partial charge in [-0.2, -0.15) is 0 Å². The molecule has 1 fully saturated rings. The summed E-state index contributed by atoms with van der Waals surface area (Å²) in [5.74, 6) is 0. The number of nitrogens with one attached hydrogen (secondary N) is 1.